The van der Waals surface area contributed by atoms with Gasteiger partial charge in [-0.2, -0.15) is 5.26 Å². The van der Waals surface area contributed by atoms with Gasteiger partial charge in [0.1, 0.15) is 0 Å². The minimum atomic E-state index is -0.147. The number of nitrogens with zero attached hydrogens (tertiary/aromatic N) is 1. The van der Waals surface area contributed by atoms with Crippen LogP contribution in [0.25, 0.3) is 0 Å². The van der Waals surface area contributed by atoms with Gasteiger partial charge in [0.05, 0.1) is 23.2 Å². The Kier molecular flexibility index (Phi) is 5.16. The van der Waals surface area contributed by atoms with Crippen LogP contribution in [-0.2, 0) is 0 Å². The van der Waals surface area contributed by atoms with Crippen LogP contribution in [-0.4, -0.2) is 5.91 Å². The molecule has 2 aromatic carbocycles. The quantitative estimate of drug-likeness (QED) is 0.809. The molecule has 0 aliphatic carbocycles. The number of rotatable bonds is 3. The van der Waals surface area contributed by atoms with E-state index in [1.807, 2.05) is 31.2 Å². The number of carbonyl (C=O) groups is 1. The first kappa shape index (κ1) is 15.7. The summed E-state index contributed by atoms with van der Waals surface area (Å²) in [5.74, 6) is -0.147. The lowest BCUT2D eigenvalue weighted by Gasteiger charge is -2.15. The monoisotopic (exact) mass is 406 g/mol. The maximum Gasteiger partial charge on any atom is 0.252 e. The van der Waals surface area contributed by atoms with E-state index in [9.17, 15) is 4.79 Å². The van der Waals surface area contributed by atoms with Gasteiger partial charge in [0.25, 0.3) is 5.91 Å². The molecule has 2 aromatic rings. The molecule has 21 heavy (non-hydrogen) atoms. The van der Waals surface area contributed by atoms with Crippen LogP contribution >= 0.6 is 31.9 Å². The highest BCUT2D eigenvalue weighted by molar-refractivity contribution is 9.11. The summed E-state index contributed by atoms with van der Waals surface area (Å²) in [6, 6.07) is 14.5. The van der Waals surface area contributed by atoms with Gasteiger partial charge in [0.2, 0.25) is 0 Å². The number of nitrogens with one attached hydrogen (secondary N) is 1. The van der Waals surface area contributed by atoms with Crippen molar-refractivity contribution in [3.05, 3.63) is 68.1 Å². The zero-order chi connectivity index (χ0) is 15.4. The Morgan fingerprint density at radius 1 is 1.19 bits per heavy atom. The van der Waals surface area contributed by atoms with Crippen molar-refractivity contribution in [3.63, 3.8) is 0 Å². The van der Waals surface area contributed by atoms with Gasteiger partial charge in [-0.15, -0.1) is 0 Å². The summed E-state index contributed by atoms with van der Waals surface area (Å²) in [6.45, 7) is 1.91. The molecule has 0 heterocycles. The molecule has 0 aromatic heterocycles. The fourth-order valence-electron chi connectivity index (χ4n) is 1.88. The number of benzene rings is 2. The molecule has 5 heteroatoms. The Labute approximate surface area is 140 Å². The lowest BCUT2D eigenvalue weighted by atomic mass is 10.1. The maximum absolute atomic E-state index is 12.3. The first-order valence-electron chi connectivity index (χ1n) is 6.27. The summed E-state index contributed by atoms with van der Waals surface area (Å²) >= 11 is 6.74. The minimum Gasteiger partial charge on any atom is -0.345 e. The summed E-state index contributed by atoms with van der Waals surface area (Å²) < 4.78 is 1.65. The highest BCUT2D eigenvalue weighted by atomic mass is 79.9. The second kappa shape index (κ2) is 6.88. The summed E-state index contributed by atoms with van der Waals surface area (Å²) in [7, 11) is 0. The van der Waals surface area contributed by atoms with Gasteiger partial charge in [0, 0.05) is 8.95 Å². The first-order valence-corrected chi connectivity index (χ1v) is 7.86. The zero-order valence-electron chi connectivity index (χ0n) is 11.2. The van der Waals surface area contributed by atoms with Crippen LogP contribution in [0.2, 0.25) is 0 Å². The fourth-order valence-corrected chi connectivity index (χ4v) is 3.10. The van der Waals surface area contributed by atoms with E-state index in [0.29, 0.717) is 11.1 Å². The van der Waals surface area contributed by atoms with Gasteiger partial charge < -0.3 is 5.32 Å². The SMILES string of the molecule is CC(NC(=O)c1ccc(Br)cc1Br)c1ccc(C#N)cc1. The molecule has 0 aliphatic heterocycles. The van der Waals surface area contributed by atoms with Crippen LogP contribution in [0, 0.1) is 11.3 Å². The lowest BCUT2D eigenvalue weighted by molar-refractivity contribution is 0.0939. The number of amides is 1. The second-order valence-corrected chi connectivity index (χ2v) is 6.32. The molecule has 1 atom stereocenters. The molecular formula is C16H12Br2N2O. The van der Waals surface area contributed by atoms with E-state index >= 15 is 0 Å². The predicted octanol–water partition coefficient (Wildman–Crippen LogP) is 4.57. The predicted molar refractivity (Wildman–Crippen MR) is 88.9 cm³/mol. The molecule has 1 amide bonds. The van der Waals surface area contributed by atoms with Crippen molar-refractivity contribution < 1.29 is 4.79 Å². The van der Waals surface area contributed by atoms with Crippen molar-refractivity contribution in [2.24, 2.45) is 0 Å². The molecule has 0 bridgehead atoms. The van der Waals surface area contributed by atoms with Crippen molar-refractivity contribution in [1.82, 2.24) is 5.32 Å². The van der Waals surface area contributed by atoms with Gasteiger partial charge in [-0.25, -0.2) is 0 Å². The molecule has 0 fully saturated rings. The standard InChI is InChI=1S/C16H12Br2N2O/c1-10(12-4-2-11(9-19)3-5-12)20-16(21)14-7-6-13(17)8-15(14)18/h2-8,10H,1H3,(H,20,21). The van der Waals surface area contributed by atoms with Crippen LogP contribution in [0.4, 0.5) is 0 Å². The van der Waals surface area contributed by atoms with E-state index in [0.717, 1.165) is 14.5 Å². The molecule has 2 rings (SSSR count). The van der Waals surface area contributed by atoms with Gasteiger partial charge in [-0.05, 0) is 58.7 Å². The Morgan fingerprint density at radius 2 is 1.86 bits per heavy atom. The van der Waals surface area contributed by atoms with Crippen LogP contribution in [0.15, 0.2) is 51.4 Å². The van der Waals surface area contributed by atoms with Crippen LogP contribution in [0.1, 0.15) is 34.5 Å². The lowest BCUT2D eigenvalue weighted by Crippen LogP contribution is -2.26. The Bertz CT molecular complexity index is 705. The van der Waals surface area contributed by atoms with Crippen LogP contribution in [0.3, 0.4) is 0 Å². The van der Waals surface area contributed by atoms with E-state index < -0.39 is 0 Å². The molecule has 1 N–H and O–H groups in total. The minimum absolute atomic E-state index is 0.138. The van der Waals surface area contributed by atoms with Crippen molar-refractivity contribution in [2.75, 3.05) is 0 Å². The first-order chi connectivity index (χ1) is 10.0. The molecule has 3 nitrogen and oxygen atoms in total. The summed E-state index contributed by atoms with van der Waals surface area (Å²) in [5, 5.41) is 11.7. The molecule has 0 saturated heterocycles. The Hall–Kier alpha value is -1.64. The van der Waals surface area contributed by atoms with E-state index in [2.05, 4.69) is 43.2 Å². The topological polar surface area (TPSA) is 52.9 Å². The van der Waals surface area contributed by atoms with Crippen molar-refractivity contribution in [2.45, 2.75) is 13.0 Å². The molecular weight excluding hydrogens is 396 g/mol. The number of halogens is 2. The third-order valence-electron chi connectivity index (χ3n) is 3.06. The van der Waals surface area contributed by atoms with Gasteiger partial charge >= 0.3 is 0 Å². The van der Waals surface area contributed by atoms with Crippen molar-refractivity contribution >= 4 is 37.8 Å². The second-order valence-electron chi connectivity index (χ2n) is 4.55. The largest absolute Gasteiger partial charge is 0.345 e. The molecule has 0 spiro atoms. The number of nitriles is 1. The van der Waals surface area contributed by atoms with E-state index in [1.54, 1.807) is 18.2 Å². The average Bonchev–Trinajstić information content (AvgIpc) is 2.47. The van der Waals surface area contributed by atoms with Crippen LogP contribution < -0.4 is 5.32 Å². The molecule has 106 valence electrons. The summed E-state index contributed by atoms with van der Waals surface area (Å²) in [5.41, 5.74) is 2.14. The Balaban J connectivity index is 2.13. The third kappa shape index (κ3) is 3.93. The third-order valence-corrected chi connectivity index (χ3v) is 4.21. The van der Waals surface area contributed by atoms with Crippen LogP contribution in [0.5, 0.6) is 0 Å². The molecule has 0 radical (unpaired) electrons. The highest BCUT2D eigenvalue weighted by Crippen LogP contribution is 2.23. The average molecular weight is 408 g/mol. The number of hydrogen-bond acceptors (Lipinski definition) is 2. The molecule has 0 saturated carbocycles. The van der Waals surface area contributed by atoms with Crippen molar-refractivity contribution in [1.29, 1.82) is 5.26 Å². The highest BCUT2D eigenvalue weighted by Gasteiger charge is 2.14. The van der Waals surface area contributed by atoms with Gasteiger partial charge in [-0.3, -0.25) is 4.79 Å². The maximum atomic E-state index is 12.3. The van der Waals surface area contributed by atoms with E-state index in [4.69, 9.17) is 5.26 Å². The van der Waals surface area contributed by atoms with E-state index in [-0.39, 0.29) is 11.9 Å². The molecule has 1 unspecified atom stereocenters. The number of hydrogen-bond donors (Lipinski definition) is 1. The molecule has 0 aliphatic rings. The summed E-state index contributed by atoms with van der Waals surface area (Å²) in [6.07, 6.45) is 0. The van der Waals surface area contributed by atoms with E-state index in [1.165, 1.54) is 0 Å². The smallest absolute Gasteiger partial charge is 0.252 e. The fraction of sp³-hybridized carbons (Fsp3) is 0.125. The van der Waals surface area contributed by atoms with Gasteiger partial charge in [0.15, 0.2) is 0 Å². The van der Waals surface area contributed by atoms with Crippen molar-refractivity contribution in [3.8, 4) is 6.07 Å². The van der Waals surface area contributed by atoms with Gasteiger partial charge in [-0.1, -0.05) is 28.1 Å². The Morgan fingerprint density at radius 3 is 2.43 bits per heavy atom. The number of carbonyl (C=O) groups excluding carboxylic acids is 1. The summed E-state index contributed by atoms with van der Waals surface area (Å²) in [4.78, 5) is 12.3. The zero-order valence-corrected chi connectivity index (χ0v) is 14.4. The normalized spacial score (nSPS) is 11.5.